The fraction of sp³-hybridized carbons (Fsp3) is 0.318. The summed E-state index contributed by atoms with van der Waals surface area (Å²) in [6, 6.07) is 12.2. The number of halogens is 1. The van der Waals surface area contributed by atoms with Gasteiger partial charge in [-0.05, 0) is 54.2 Å². The van der Waals surface area contributed by atoms with Crippen molar-refractivity contribution in [3.05, 3.63) is 64.2 Å². The smallest absolute Gasteiger partial charge is 0.308 e. The van der Waals surface area contributed by atoms with Crippen LogP contribution in [0, 0.1) is 0 Å². The van der Waals surface area contributed by atoms with Gasteiger partial charge < -0.3 is 15.4 Å². The number of rotatable bonds is 7. The predicted octanol–water partition coefficient (Wildman–Crippen LogP) is 3.58. The number of hydrogen-bond acceptors (Lipinski definition) is 4. The van der Waals surface area contributed by atoms with Gasteiger partial charge in [-0.2, -0.15) is 0 Å². The van der Waals surface area contributed by atoms with E-state index in [-0.39, 0.29) is 12.3 Å². The fourth-order valence-corrected chi connectivity index (χ4v) is 3.73. The summed E-state index contributed by atoms with van der Waals surface area (Å²) in [4.78, 5) is 35.9. The van der Waals surface area contributed by atoms with Gasteiger partial charge in [0.15, 0.2) is 6.61 Å². The van der Waals surface area contributed by atoms with Gasteiger partial charge in [-0.3, -0.25) is 14.4 Å². The third kappa shape index (κ3) is 5.81. The summed E-state index contributed by atoms with van der Waals surface area (Å²) in [6.45, 7) is 0.963. The molecular formula is C22H23ClN2O4. The molecule has 1 unspecified atom stereocenters. The first-order valence-electron chi connectivity index (χ1n) is 9.51. The van der Waals surface area contributed by atoms with Crippen LogP contribution in [0.3, 0.4) is 0 Å². The highest BCUT2D eigenvalue weighted by molar-refractivity contribution is 6.31. The monoisotopic (exact) mass is 414 g/mol. The van der Waals surface area contributed by atoms with E-state index < -0.39 is 24.5 Å². The highest BCUT2D eigenvalue weighted by atomic mass is 35.5. The van der Waals surface area contributed by atoms with Gasteiger partial charge in [0.2, 0.25) is 5.91 Å². The Bertz CT molecular complexity index is 929. The minimum atomic E-state index is -0.631. The van der Waals surface area contributed by atoms with Gasteiger partial charge in [-0.15, -0.1) is 0 Å². The third-order valence-electron chi connectivity index (χ3n) is 4.78. The molecular weight excluding hydrogens is 392 g/mol. The lowest BCUT2D eigenvalue weighted by molar-refractivity contribution is -0.148. The summed E-state index contributed by atoms with van der Waals surface area (Å²) in [7, 11) is 0. The van der Waals surface area contributed by atoms with Crippen LogP contribution in [0.25, 0.3) is 0 Å². The molecule has 0 aromatic heterocycles. The molecule has 152 valence electrons. The van der Waals surface area contributed by atoms with Crippen LogP contribution in [-0.2, 0) is 32.0 Å². The lowest BCUT2D eigenvalue weighted by Gasteiger charge is -2.18. The average molecular weight is 415 g/mol. The molecule has 2 N–H and O–H groups in total. The van der Waals surface area contributed by atoms with E-state index in [1.54, 1.807) is 24.3 Å². The Morgan fingerprint density at radius 1 is 1.10 bits per heavy atom. The van der Waals surface area contributed by atoms with Crippen molar-refractivity contribution in [2.75, 3.05) is 11.9 Å². The lowest BCUT2D eigenvalue weighted by atomic mass is 10.0. The number of amides is 2. The molecule has 6 nitrogen and oxygen atoms in total. The van der Waals surface area contributed by atoms with Crippen molar-refractivity contribution in [1.82, 2.24) is 5.32 Å². The maximum absolute atomic E-state index is 12.2. The van der Waals surface area contributed by atoms with Crippen molar-refractivity contribution in [3.63, 3.8) is 0 Å². The van der Waals surface area contributed by atoms with Crippen LogP contribution in [0.2, 0.25) is 5.02 Å². The molecule has 0 saturated heterocycles. The largest absolute Gasteiger partial charge is 0.455 e. The molecule has 0 fully saturated rings. The minimum absolute atomic E-state index is 0.130. The molecule has 2 aromatic carbocycles. The number of benzene rings is 2. The van der Waals surface area contributed by atoms with E-state index in [0.717, 1.165) is 19.3 Å². The number of hydrogen-bond donors (Lipinski definition) is 2. The summed E-state index contributed by atoms with van der Waals surface area (Å²) in [6.07, 6.45) is 3.09. The number of nitrogens with one attached hydrogen (secondary N) is 2. The molecule has 2 amide bonds. The van der Waals surface area contributed by atoms with Crippen LogP contribution in [0.4, 0.5) is 5.69 Å². The zero-order valence-electron chi connectivity index (χ0n) is 16.2. The summed E-state index contributed by atoms with van der Waals surface area (Å²) in [5.41, 5.74) is 3.87. The molecule has 2 aromatic rings. The number of carbonyl (C=O) groups excluding carboxylic acids is 3. The summed E-state index contributed by atoms with van der Waals surface area (Å²) in [5, 5.41) is 5.88. The molecule has 0 spiro atoms. The molecule has 1 aliphatic carbocycles. The SMILES string of the molecule is CC(=O)NC(CC(=O)OCC(=O)Nc1ccc2c(c1)CCC2)c1ccccc1Cl. The first-order valence-corrected chi connectivity index (χ1v) is 9.89. The van der Waals surface area contributed by atoms with Crippen LogP contribution in [0.15, 0.2) is 42.5 Å². The van der Waals surface area contributed by atoms with Gasteiger partial charge in [0.25, 0.3) is 5.91 Å². The van der Waals surface area contributed by atoms with Gasteiger partial charge >= 0.3 is 5.97 Å². The topological polar surface area (TPSA) is 84.5 Å². The quantitative estimate of drug-likeness (QED) is 0.678. The van der Waals surface area contributed by atoms with Crippen LogP contribution < -0.4 is 10.6 Å². The van der Waals surface area contributed by atoms with Crippen molar-refractivity contribution < 1.29 is 19.1 Å². The van der Waals surface area contributed by atoms with E-state index in [0.29, 0.717) is 16.3 Å². The predicted molar refractivity (Wildman–Crippen MR) is 111 cm³/mol. The Balaban J connectivity index is 1.54. The zero-order chi connectivity index (χ0) is 20.8. The molecule has 0 radical (unpaired) electrons. The van der Waals surface area contributed by atoms with Gasteiger partial charge in [0.05, 0.1) is 12.5 Å². The van der Waals surface area contributed by atoms with E-state index >= 15 is 0 Å². The number of ether oxygens (including phenoxy) is 1. The van der Waals surface area contributed by atoms with Gasteiger partial charge in [-0.25, -0.2) is 0 Å². The standard InChI is InChI=1S/C22H23ClN2O4/c1-14(26)24-20(18-7-2-3-8-19(18)23)12-22(28)29-13-21(27)25-17-10-9-15-5-4-6-16(15)11-17/h2-3,7-11,20H,4-6,12-13H2,1H3,(H,24,26)(H,25,27). The molecule has 0 bridgehead atoms. The Labute approximate surface area is 174 Å². The van der Waals surface area contributed by atoms with Crippen LogP contribution in [0.5, 0.6) is 0 Å². The van der Waals surface area contributed by atoms with Crippen LogP contribution >= 0.6 is 11.6 Å². The first kappa shape index (κ1) is 20.9. The number of anilines is 1. The zero-order valence-corrected chi connectivity index (χ0v) is 16.9. The van der Waals surface area contributed by atoms with E-state index in [9.17, 15) is 14.4 Å². The summed E-state index contributed by atoms with van der Waals surface area (Å²) in [5.74, 6) is -1.31. The second kappa shape index (κ2) is 9.56. The second-order valence-corrected chi connectivity index (χ2v) is 7.43. The Morgan fingerprint density at radius 3 is 2.62 bits per heavy atom. The number of aryl methyl sites for hydroxylation is 2. The molecule has 1 atom stereocenters. The average Bonchev–Trinajstić information content (AvgIpc) is 3.14. The normalized spacial score (nSPS) is 13.3. The van der Waals surface area contributed by atoms with Crippen LogP contribution in [0.1, 0.15) is 42.5 Å². The Hall–Kier alpha value is -2.86. The molecule has 0 saturated carbocycles. The molecule has 3 rings (SSSR count). The molecule has 1 aliphatic rings. The minimum Gasteiger partial charge on any atom is -0.455 e. The summed E-state index contributed by atoms with van der Waals surface area (Å²) < 4.78 is 5.10. The second-order valence-electron chi connectivity index (χ2n) is 7.02. The van der Waals surface area contributed by atoms with Crippen molar-refractivity contribution in [2.24, 2.45) is 0 Å². The molecule has 7 heteroatoms. The molecule has 0 aliphatic heterocycles. The Morgan fingerprint density at radius 2 is 1.86 bits per heavy atom. The lowest BCUT2D eigenvalue weighted by Crippen LogP contribution is -2.29. The number of esters is 1. The summed E-state index contributed by atoms with van der Waals surface area (Å²) >= 11 is 6.18. The maximum atomic E-state index is 12.2. The molecule has 29 heavy (non-hydrogen) atoms. The molecule has 0 heterocycles. The highest BCUT2D eigenvalue weighted by Crippen LogP contribution is 2.26. The van der Waals surface area contributed by atoms with Gasteiger partial charge in [0.1, 0.15) is 0 Å². The van der Waals surface area contributed by atoms with Crippen molar-refractivity contribution in [3.8, 4) is 0 Å². The van der Waals surface area contributed by atoms with E-state index in [4.69, 9.17) is 16.3 Å². The van der Waals surface area contributed by atoms with Crippen molar-refractivity contribution in [1.29, 1.82) is 0 Å². The van der Waals surface area contributed by atoms with E-state index in [1.165, 1.54) is 18.1 Å². The van der Waals surface area contributed by atoms with Gasteiger partial charge in [-0.1, -0.05) is 35.9 Å². The van der Waals surface area contributed by atoms with E-state index in [1.807, 2.05) is 18.2 Å². The fourth-order valence-electron chi connectivity index (χ4n) is 3.46. The number of carbonyl (C=O) groups is 3. The van der Waals surface area contributed by atoms with Crippen molar-refractivity contribution >= 4 is 35.1 Å². The third-order valence-corrected chi connectivity index (χ3v) is 5.12. The van der Waals surface area contributed by atoms with Crippen LogP contribution in [-0.4, -0.2) is 24.4 Å². The number of fused-ring (bicyclic) bond motifs is 1. The maximum Gasteiger partial charge on any atom is 0.308 e. The Kier molecular flexibility index (Phi) is 6.88. The van der Waals surface area contributed by atoms with E-state index in [2.05, 4.69) is 10.6 Å². The highest BCUT2D eigenvalue weighted by Gasteiger charge is 2.21. The van der Waals surface area contributed by atoms with Gasteiger partial charge in [0, 0.05) is 17.6 Å². The first-order chi connectivity index (χ1) is 13.9. The van der Waals surface area contributed by atoms with Crippen molar-refractivity contribution in [2.45, 2.75) is 38.6 Å².